The van der Waals surface area contributed by atoms with E-state index >= 15 is 0 Å². The van der Waals surface area contributed by atoms with E-state index in [2.05, 4.69) is 6.92 Å². The highest BCUT2D eigenvalue weighted by molar-refractivity contribution is 7.07. The lowest BCUT2D eigenvalue weighted by Crippen LogP contribution is -2.35. The first-order valence-electron chi connectivity index (χ1n) is 10.7. The van der Waals surface area contributed by atoms with Gasteiger partial charge in [-0.3, -0.25) is 0 Å². The van der Waals surface area contributed by atoms with Gasteiger partial charge in [-0.2, -0.15) is 11.1 Å². The fourth-order valence-electron chi connectivity index (χ4n) is 5.16. The molecule has 0 radical (unpaired) electrons. The van der Waals surface area contributed by atoms with Gasteiger partial charge < -0.3 is 9.47 Å². The number of carbonyl (C=O) groups excluding carboxylic acids is 1. The van der Waals surface area contributed by atoms with Gasteiger partial charge in [-0.05, 0) is 79.8 Å². The van der Waals surface area contributed by atoms with Gasteiger partial charge in [-0.15, -0.1) is 0 Å². The maximum Gasteiger partial charge on any atom is 0.338 e. The Morgan fingerprint density at radius 2 is 1.89 bits per heavy atom. The van der Waals surface area contributed by atoms with Crippen molar-refractivity contribution in [2.45, 2.75) is 70.1 Å². The summed E-state index contributed by atoms with van der Waals surface area (Å²) in [5.74, 6) is 2.52. The first kappa shape index (κ1) is 21.6. The average molecular weight is 427 g/mol. The molecule has 1 heterocycles. The van der Waals surface area contributed by atoms with Crippen LogP contribution in [-0.4, -0.2) is 27.0 Å². The molecule has 3 rings (SSSR count). The summed E-state index contributed by atoms with van der Waals surface area (Å²) in [5.41, 5.74) is 0.488. The molecule has 2 aliphatic rings. The zero-order valence-electron chi connectivity index (χ0n) is 16.7. The highest BCUT2D eigenvalue weighted by atomic mass is 35.6. The Morgan fingerprint density at radius 1 is 1.18 bits per heavy atom. The molecule has 1 saturated carbocycles. The van der Waals surface area contributed by atoms with E-state index < -0.39 is 15.0 Å². The Labute approximate surface area is 174 Å². The summed E-state index contributed by atoms with van der Waals surface area (Å²) in [6.45, 7) is 1.41. The van der Waals surface area contributed by atoms with Crippen molar-refractivity contribution in [3.8, 4) is 5.75 Å². The van der Waals surface area contributed by atoms with Crippen LogP contribution in [0.15, 0.2) is 24.3 Å². The van der Waals surface area contributed by atoms with Crippen molar-refractivity contribution < 1.29 is 18.7 Å². The number of ether oxygens (including phenoxy) is 2. The van der Waals surface area contributed by atoms with Crippen molar-refractivity contribution in [1.82, 2.24) is 0 Å². The van der Waals surface area contributed by atoms with Gasteiger partial charge in [0.2, 0.25) is 6.86 Å². The molecular weight excluding hydrogens is 395 g/mol. The van der Waals surface area contributed by atoms with Crippen molar-refractivity contribution in [1.29, 1.82) is 0 Å². The highest BCUT2D eigenvalue weighted by Gasteiger charge is 2.37. The zero-order chi connectivity index (χ0) is 19.9. The second-order valence-corrected chi connectivity index (χ2v) is 12.4. The topological polar surface area (TPSA) is 35.5 Å². The Kier molecular flexibility index (Phi) is 8.21. The van der Waals surface area contributed by atoms with Gasteiger partial charge in [0.15, 0.2) is 0 Å². The van der Waals surface area contributed by atoms with E-state index in [0.29, 0.717) is 11.3 Å². The van der Waals surface area contributed by atoms with E-state index in [9.17, 15) is 9.18 Å². The van der Waals surface area contributed by atoms with E-state index in [-0.39, 0.29) is 12.1 Å². The SMILES string of the molecule is CCCC1C[SiH](Cl)CCC1C1CCC(OC(=O)c2ccc(OCF)cc2)CC1. The minimum atomic E-state index is -0.979. The van der Waals surface area contributed by atoms with Crippen LogP contribution >= 0.6 is 11.1 Å². The van der Waals surface area contributed by atoms with E-state index in [4.69, 9.17) is 20.6 Å². The van der Waals surface area contributed by atoms with E-state index in [1.165, 1.54) is 31.4 Å². The fourth-order valence-corrected chi connectivity index (χ4v) is 8.45. The summed E-state index contributed by atoms with van der Waals surface area (Å²) in [5, 5.41) is 0. The lowest BCUT2D eigenvalue weighted by molar-refractivity contribution is 0.0101. The maximum absolute atomic E-state index is 12.4. The van der Waals surface area contributed by atoms with Crippen LogP contribution in [-0.2, 0) is 4.74 Å². The van der Waals surface area contributed by atoms with Gasteiger partial charge in [0.1, 0.15) is 20.0 Å². The molecule has 1 aliphatic carbocycles. The number of hydrogen-bond acceptors (Lipinski definition) is 3. The lowest BCUT2D eigenvalue weighted by atomic mass is 9.71. The number of hydrogen-bond donors (Lipinski definition) is 0. The molecule has 1 saturated heterocycles. The minimum absolute atomic E-state index is 0.00823. The van der Waals surface area contributed by atoms with Crippen molar-refractivity contribution >= 4 is 25.2 Å². The third-order valence-corrected chi connectivity index (χ3v) is 9.81. The molecule has 0 bridgehead atoms. The molecule has 1 aliphatic heterocycles. The van der Waals surface area contributed by atoms with Crippen molar-refractivity contribution in [3.05, 3.63) is 29.8 Å². The van der Waals surface area contributed by atoms with Gasteiger partial charge in [0.25, 0.3) is 0 Å². The molecule has 0 aromatic heterocycles. The molecule has 156 valence electrons. The maximum atomic E-state index is 12.4. The molecule has 0 amide bonds. The number of benzene rings is 1. The van der Waals surface area contributed by atoms with Crippen LogP contribution in [0.2, 0.25) is 12.1 Å². The quantitative estimate of drug-likeness (QED) is 0.300. The number of esters is 1. The smallest absolute Gasteiger partial charge is 0.338 e. The van der Waals surface area contributed by atoms with Crippen LogP contribution in [0.25, 0.3) is 0 Å². The monoisotopic (exact) mass is 426 g/mol. The Bertz CT molecular complexity index is 619. The largest absolute Gasteiger partial charge is 0.463 e. The van der Waals surface area contributed by atoms with Crippen LogP contribution in [0.1, 0.15) is 62.2 Å². The molecule has 1 aromatic rings. The summed E-state index contributed by atoms with van der Waals surface area (Å²) in [4.78, 5) is 12.4. The molecule has 6 heteroatoms. The van der Waals surface area contributed by atoms with Gasteiger partial charge in [0, 0.05) is 0 Å². The van der Waals surface area contributed by atoms with E-state index in [1.807, 2.05) is 0 Å². The van der Waals surface area contributed by atoms with Crippen LogP contribution in [0, 0.1) is 17.8 Å². The molecule has 28 heavy (non-hydrogen) atoms. The van der Waals surface area contributed by atoms with E-state index in [0.717, 1.165) is 43.4 Å². The number of halogens is 2. The number of alkyl halides is 1. The van der Waals surface area contributed by atoms with Gasteiger partial charge in [-0.1, -0.05) is 26.2 Å². The molecule has 3 unspecified atom stereocenters. The van der Waals surface area contributed by atoms with Crippen molar-refractivity contribution in [2.75, 3.05) is 6.86 Å². The molecular formula is C22H32ClFO3Si. The van der Waals surface area contributed by atoms with Gasteiger partial charge in [-0.25, -0.2) is 9.18 Å². The summed E-state index contributed by atoms with van der Waals surface area (Å²) in [6, 6.07) is 9.03. The van der Waals surface area contributed by atoms with Gasteiger partial charge >= 0.3 is 5.97 Å². The second kappa shape index (κ2) is 10.6. The molecule has 1 aromatic carbocycles. The Balaban J connectivity index is 1.48. The summed E-state index contributed by atoms with van der Waals surface area (Å²) >= 11 is 6.57. The Hall–Kier alpha value is -1.07. The number of rotatable bonds is 7. The molecule has 0 spiro atoms. The predicted molar refractivity (Wildman–Crippen MR) is 113 cm³/mol. The van der Waals surface area contributed by atoms with Crippen LogP contribution < -0.4 is 4.74 Å². The van der Waals surface area contributed by atoms with Crippen molar-refractivity contribution in [2.24, 2.45) is 17.8 Å². The first-order valence-corrected chi connectivity index (χ1v) is 14.1. The average Bonchev–Trinajstić information content (AvgIpc) is 2.70. The zero-order valence-corrected chi connectivity index (χ0v) is 18.7. The Morgan fingerprint density at radius 3 is 2.54 bits per heavy atom. The first-order chi connectivity index (χ1) is 13.6. The minimum Gasteiger partial charge on any atom is -0.463 e. The van der Waals surface area contributed by atoms with Crippen LogP contribution in [0.5, 0.6) is 5.75 Å². The fraction of sp³-hybridized carbons (Fsp3) is 0.682. The molecule has 3 atom stereocenters. The normalized spacial score (nSPS) is 30.6. The second-order valence-electron chi connectivity index (χ2n) is 8.34. The predicted octanol–water partition coefficient (Wildman–Crippen LogP) is 6.11. The summed E-state index contributed by atoms with van der Waals surface area (Å²) < 4.78 is 22.7. The molecule has 2 fully saturated rings. The third-order valence-electron chi connectivity index (χ3n) is 6.55. The summed E-state index contributed by atoms with van der Waals surface area (Å²) in [6.07, 6.45) is 8.11. The highest BCUT2D eigenvalue weighted by Crippen LogP contribution is 2.44. The van der Waals surface area contributed by atoms with Gasteiger partial charge in [0.05, 0.1) is 5.56 Å². The lowest BCUT2D eigenvalue weighted by Gasteiger charge is -2.41. The van der Waals surface area contributed by atoms with Crippen molar-refractivity contribution in [3.63, 3.8) is 0 Å². The summed E-state index contributed by atoms with van der Waals surface area (Å²) in [7, 11) is -0.979. The number of carbonyl (C=O) groups is 1. The van der Waals surface area contributed by atoms with Crippen LogP contribution in [0.4, 0.5) is 4.39 Å². The molecule has 0 N–H and O–H groups in total. The van der Waals surface area contributed by atoms with Crippen LogP contribution in [0.3, 0.4) is 0 Å². The van der Waals surface area contributed by atoms with E-state index in [1.54, 1.807) is 24.3 Å². The third kappa shape index (κ3) is 5.72. The molecule has 3 nitrogen and oxygen atoms in total. The standard InChI is InChI=1S/C22H32ClFO3Si/c1-2-3-18-14-28(23)13-12-21(18)16-4-10-20(11-5-16)27-22(25)17-6-8-19(9-7-17)26-15-24/h6-9,16,18,20-21,28H,2-5,10-15H2,1H3.